The number of fused-ring (bicyclic) bond motifs is 1. The molecule has 3 aromatic carbocycles. The summed E-state index contributed by atoms with van der Waals surface area (Å²) in [5, 5.41) is 0. The van der Waals surface area contributed by atoms with E-state index >= 15 is 0 Å². The van der Waals surface area contributed by atoms with Gasteiger partial charge in [0.15, 0.2) is 0 Å². The van der Waals surface area contributed by atoms with E-state index in [0.717, 1.165) is 16.1 Å². The Morgan fingerprint density at radius 3 is 2.47 bits per heavy atom. The second-order valence-corrected chi connectivity index (χ2v) is 9.72. The van der Waals surface area contributed by atoms with Crippen molar-refractivity contribution in [3.05, 3.63) is 83.9 Å². The number of carbonyl (C=O) groups is 1. The van der Waals surface area contributed by atoms with Crippen LogP contribution in [0.25, 0.3) is 0 Å². The molecule has 1 N–H and O–H groups in total. The molecule has 30 heavy (non-hydrogen) atoms. The number of hydrogen-bond donors (Lipinski definition) is 1. The minimum absolute atomic E-state index is 0.0455. The van der Waals surface area contributed by atoms with Crippen LogP contribution in [-0.2, 0) is 16.4 Å². The number of nitrogens with zero attached hydrogens (tertiary/aromatic N) is 1. The Hall–Kier alpha value is -2.77. The molecule has 0 bridgehead atoms. The number of carbonyl (C=O) groups excluding carboxylic acids is 1. The van der Waals surface area contributed by atoms with Crippen molar-refractivity contribution in [1.29, 1.82) is 0 Å². The highest BCUT2D eigenvalue weighted by atomic mass is 32.2. The first-order valence-corrected chi connectivity index (χ1v) is 12.3. The lowest BCUT2D eigenvalue weighted by Gasteiger charge is -2.23. The molecule has 4 rings (SSSR count). The largest absolute Gasteiger partial charge is 0.305 e. The van der Waals surface area contributed by atoms with E-state index in [2.05, 4.69) is 4.72 Å². The van der Waals surface area contributed by atoms with Gasteiger partial charge in [0, 0.05) is 22.2 Å². The second-order valence-electron chi connectivity index (χ2n) is 7.19. The molecular weight excluding hydrogens is 416 g/mol. The molecule has 1 heterocycles. The van der Waals surface area contributed by atoms with Gasteiger partial charge in [0.2, 0.25) is 0 Å². The summed E-state index contributed by atoms with van der Waals surface area (Å²) in [7, 11) is -3.74. The highest BCUT2D eigenvalue weighted by Gasteiger charge is 2.32. The first-order valence-electron chi connectivity index (χ1n) is 9.58. The Morgan fingerprint density at radius 1 is 1.03 bits per heavy atom. The molecule has 0 fully saturated rings. The van der Waals surface area contributed by atoms with Crippen LogP contribution in [0.1, 0.15) is 22.8 Å². The predicted octanol–water partition coefficient (Wildman–Crippen LogP) is 4.80. The van der Waals surface area contributed by atoms with Crippen LogP contribution in [-0.4, -0.2) is 26.6 Å². The number of anilines is 2. The number of para-hydroxylation sites is 1. The summed E-state index contributed by atoms with van der Waals surface area (Å²) in [6, 6.07) is 21.3. The van der Waals surface area contributed by atoms with Gasteiger partial charge < -0.3 is 4.90 Å². The van der Waals surface area contributed by atoms with Gasteiger partial charge >= 0.3 is 0 Å². The Kier molecular flexibility index (Phi) is 5.58. The van der Waals surface area contributed by atoms with E-state index in [0.29, 0.717) is 17.7 Å². The molecule has 5 nitrogen and oxygen atoms in total. The molecule has 0 unspecified atom stereocenters. The van der Waals surface area contributed by atoms with E-state index in [1.54, 1.807) is 47.4 Å². The lowest BCUT2D eigenvalue weighted by atomic mass is 10.1. The van der Waals surface area contributed by atoms with E-state index in [-0.39, 0.29) is 16.8 Å². The first kappa shape index (κ1) is 20.5. The number of nitrogens with one attached hydrogen (secondary N) is 1. The number of sulfonamides is 1. The Bertz CT molecular complexity index is 1190. The number of hydrogen-bond acceptors (Lipinski definition) is 4. The van der Waals surface area contributed by atoms with E-state index in [9.17, 15) is 13.2 Å². The summed E-state index contributed by atoms with van der Waals surface area (Å²) < 4.78 is 28.7. The van der Waals surface area contributed by atoms with Crippen molar-refractivity contribution >= 4 is 39.1 Å². The fraction of sp³-hybridized carbons (Fsp3) is 0.174. The third-order valence-electron chi connectivity index (χ3n) is 5.17. The summed E-state index contributed by atoms with van der Waals surface area (Å²) in [6.45, 7) is 1.97. The van der Waals surface area contributed by atoms with Crippen LogP contribution in [0.4, 0.5) is 11.4 Å². The molecule has 0 aromatic heterocycles. The van der Waals surface area contributed by atoms with Crippen LogP contribution >= 0.6 is 11.8 Å². The molecule has 0 spiro atoms. The Labute approximate surface area is 181 Å². The van der Waals surface area contributed by atoms with Gasteiger partial charge in [-0.2, -0.15) is 0 Å². The van der Waals surface area contributed by atoms with Gasteiger partial charge in [0.05, 0.1) is 10.6 Å². The van der Waals surface area contributed by atoms with Crippen LogP contribution in [0.15, 0.2) is 82.6 Å². The van der Waals surface area contributed by atoms with Gasteiger partial charge in [-0.3, -0.25) is 9.52 Å². The van der Waals surface area contributed by atoms with E-state index in [1.807, 2.05) is 43.5 Å². The molecule has 1 amide bonds. The van der Waals surface area contributed by atoms with Gasteiger partial charge in [-0.25, -0.2) is 8.42 Å². The van der Waals surface area contributed by atoms with Crippen molar-refractivity contribution in [2.24, 2.45) is 0 Å². The maximum atomic E-state index is 13.0. The molecule has 154 valence electrons. The van der Waals surface area contributed by atoms with Crippen molar-refractivity contribution in [2.45, 2.75) is 29.2 Å². The molecule has 1 aliphatic heterocycles. The fourth-order valence-electron chi connectivity index (χ4n) is 3.74. The molecular formula is C23H22N2O3S2. The second kappa shape index (κ2) is 8.16. The summed E-state index contributed by atoms with van der Waals surface area (Å²) in [5.41, 5.74) is 2.79. The van der Waals surface area contributed by atoms with E-state index in [1.165, 1.54) is 11.8 Å². The van der Waals surface area contributed by atoms with Crippen molar-refractivity contribution in [2.75, 3.05) is 15.9 Å². The van der Waals surface area contributed by atoms with Crippen molar-refractivity contribution in [3.8, 4) is 0 Å². The lowest BCUT2D eigenvalue weighted by Crippen LogP contribution is -2.35. The summed E-state index contributed by atoms with van der Waals surface area (Å²) in [6.07, 6.45) is 2.51. The monoisotopic (exact) mass is 438 g/mol. The highest BCUT2D eigenvalue weighted by molar-refractivity contribution is 7.99. The topological polar surface area (TPSA) is 66.5 Å². The van der Waals surface area contributed by atoms with Gasteiger partial charge in [-0.15, -0.1) is 11.8 Å². The van der Waals surface area contributed by atoms with Crippen LogP contribution in [0, 0.1) is 0 Å². The number of benzene rings is 3. The smallest absolute Gasteiger partial charge is 0.261 e. The fourth-order valence-corrected chi connectivity index (χ4v) is 5.48. The van der Waals surface area contributed by atoms with Crippen molar-refractivity contribution in [1.82, 2.24) is 0 Å². The predicted molar refractivity (Wildman–Crippen MR) is 122 cm³/mol. The summed E-state index contributed by atoms with van der Waals surface area (Å²) in [5.74, 6) is -0.0792. The lowest BCUT2D eigenvalue weighted by molar-refractivity contribution is 0.0981. The number of amides is 1. The molecule has 0 saturated heterocycles. The Balaban J connectivity index is 1.65. The highest BCUT2D eigenvalue weighted by Crippen LogP contribution is 2.35. The average molecular weight is 439 g/mol. The zero-order valence-electron chi connectivity index (χ0n) is 16.7. The first-order chi connectivity index (χ1) is 14.4. The number of rotatable bonds is 5. The molecule has 1 aliphatic rings. The molecule has 1 atom stereocenters. The minimum Gasteiger partial charge on any atom is -0.305 e. The zero-order valence-corrected chi connectivity index (χ0v) is 18.3. The van der Waals surface area contributed by atoms with Crippen molar-refractivity contribution in [3.63, 3.8) is 0 Å². The van der Waals surface area contributed by atoms with Crippen LogP contribution < -0.4 is 9.62 Å². The van der Waals surface area contributed by atoms with Gasteiger partial charge in [-0.05, 0) is 67.6 Å². The third-order valence-corrected chi connectivity index (χ3v) is 7.33. The normalized spacial score (nSPS) is 15.7. The van der Waals surface area contributed by atoms with E-state index < -0.39 is 10.0 Å². The SMILES string of the molecule is CSc1ccccc1NS(=O)(=O)c1ccc2c(c1)C[C@@H](C)N2C(=O)c1ccccc1. The Morgan fingerprint density at radius 2 is 1.73 bits per heavy atom. The quantitative estimate of drug-likeness (QED) is 0.581. The summed E-state index contributed by atoms with van der Waals surface area (Å²) >= 11 is 1.48. The van der Waals surface area contributed by atoms with Gasteiger partial charge in [0.1, 0.15) is 0 Å². The van der Waals surface area contributed by atoms with Crippen molar-refractivity contribution < 1.29 is 13.2 Å². The minimum atomic E-state index is -3.74. The standard InChI is InChI=1S/C23H22N2O3S2/c1-16-14-18-15-19(30(27,28)24-20-10-6-7-11-22(20)29-2)12-13-21(18)25(16)23(26)17-8-4-3-5-9-17/h3-13,15-16,24H,14H2,1-2H3/t16-/m1/s1. The zero-order chi connectivity index (χ0) is 21.3. The van der Waals surface area contributed by atoms with Crippen LogP contribution in [0.2, 0.25) is 0 Å². The molecule has 0 radical (unpaired) electrons. The maximum absolute atomic E-state index is 13.0. The number of thioether (sulfide) groups is 1. The van der Waals surface area contributed by atoms with Crippen LogP contribution in [0.3, 0.4) is 0 Å². The molecule has 0 aliphatic carbocycles. The molecule has 7 heteroatoms. The van der Waals surface area contributed by atoms with Gasteiger partial charge in [-0.1, -0.05) is 30.3 Å². The molecule has 3 aromatic rings. The maximum Gasteiger partial charge on any atom is 0.261 e. The average Bonchev–Trinajstić information content (AvgIpc) is 3.09. The summed E-state index contributed by atoms with van der Waals surface area (Å²) in [4.78, 5) is 15.8. The molecule has 0 saturated carbocycles. The van der Waals surface area contributed by atoms with Gasteiger partial charge in [0.25, 0.3) is 15.9 Å². The third kappa shape index (κ3) is 3.82. The van der Waals surface area contributed by atoms with E-state index in [4.69, 9.17) is 0 Å². The van der Waals surface area contributed by atoms with Crippen LogP contribution in [0.5, 0.6) is 0 Å².